The summed E-state index contributed by atoms with van der Waals surface area (Å²) < 4.78 is 0. The van der Waals surface area contributed by atoms with E-state index in [4.69, 9.17) is 0 Å². The van der Waals surface area contributed by atoms with Crippen LogP contribution in [0.1, 0.15) is 60.9 Å². The highest BCUT2D eigenvalue weighted by Gasteiger charge is 2.36. The summed E-state index contributed by atoms with van der Waals surface area (Å²) in [6, 6.07) is 11.9. The molecule has 0 aromatic heterocycles. The molecule has 162 valence electrons. The van der Waals surface area contributed by atoms with Gasteiger partial charge in [0, 0.05) is 18.3 Å². The molecule has 4 rings (SSSR count). The standard InChI is InChI=1S/C26H31N3O2/c1-16-7-9-19(10-8-16)15-29-24(30)22(27-25(29)31)13-20-12-21-18(3)14-26(4,5)28(6)23(21)11-17(20)2/h7-13,18H,14-15H2,1-6H3,(H,27,31)/b22-13-/t18-/m1/s1. The van der Waals surface area contributed by atoms with E-state index in [0.29, 0.717) is 11.6 Å². The van der Waals surface area contributed by atoms with Gasteiger partial charge in [0.25, 0.3) is 5.91 Å². The van der Waals surface area contributed by atoms with E-state index in [1.807, 2.05) is 37.3 Å². The molecular formula is C26H31N3O2. The van der Waals surface area contributed by atoms with Crippen molar-refractivity contribution in [1.82, 2.24) is 10.2 Å². The minimum Gasteiger partial charge on any atom is -0.369 e. The van der Waals surface area contributed by atoms with Crippen LogP contribution in [-0.4, -0.2) is 29.4 Å². The first-order valence-corrected chi connectivity index (χ1v) is 10.9. The number of nitrogens with one attached hydrogen (secondary N) is 1. The molecule has 1 saturated heterocycles. The average molecular weight is 418 g/mol. The molecule has 0 radical (unpaired) electrons. The molecule has 0 spiro atoms. The Morgan fingerprint density at radius 2 is 1.81 bits per heavy atom. The fraction of sp³-hybridized carbons (Fsp3) is 0.385. The van der Waals surface area contributed by atoms with Crippen molar-refractivity contribution in [3.63, 3.8) is 0 Å². The van der Waals surface area contributed by atoms with Gasteiger partial charge in [0.15, 0.2) is 0 Å². The molecule has 1 atom stereocenters. The van der Waals surface area contributed by atoms with Crippen LogP contribution in [0.3, 0.4) is 0 Å². The van der Waals surface area contributed by atoms with E-state index < -0.39 is 0 Å². The van der Waals surface area contributed by atoms with Gasteiger partial charge in [-0.25, -0.2) is 4.79 Å². The quantitative estimate of drug-likeness (QED) is 0.557. The summed E-state index contributed by atoms with van der Waals surface area (Å²) in [5.41, 5.74) is 7.09. The number of hydrogen-bond acceptors (Lipinski definition) is 3. The Morgan fingerprint density at radius 1 is 1.13 bits per heavy atom. The van der Waals surface area contributed by atoms with Crippen LogP contribution in [0.4, 0.5) is 10.5 Å². The number of benzene rings is 2. The summed E-state index contributed by atoms with van der Waals surface area (Å²) in [6.07, 6.45) is 2.88. The number of amides is 3. The number of rotatable bonds is 3. The molecule has 0 aliphatic carbocycles. The van der Waals surface area contributed by atoms with Crippen molar-refractivity contribution in [2.75, 3.05) is 11.9 Å². The van der Waals surface area contributed by atoms with Crippen molar-refractivity contribution in [2.24, 2.45) is 0 Å². The molecule has 2 aromatic rings. The fourth-order valence-electron chi connectivity index (χ4n) is 4.64. The number of imide groups is 1. The molecule has 1 fully saturated rings. The highest BCUT2D eigenvalue weighted by Crippen LogP contribution is 2.43. The van der Waals surface area contributed by atoms with Gasteiger partial charge in [-0.05, 0) is 80.5 Å². The smallest absolute Gasteiger partial charge is 0.329 e. The molecule has 1 N–H and O–H groups in total. The first-order chi connectivity index (χ1) is 14.6. The SMILES string of the molecule is Cc1ccc(CN2C(=O)N/C(=C\c3cc4c(cc3C)N(C)C(C)(C)C[C@H]4C)C2=O)cc1. The van der Waals surface area contributed by atoms with E-state index in [0.717, 1.165) is 28.7 Å². The molecule has 31 heavy (non-hydrogen) atoms. The Kier molecular flexibility index (Phi) is 5.16. The van der Waals surface area contributed by atoms with E-state index in [1.54, 1.807) is 0 Å². The number of fused-ring (bicyclic) bond motifs is 1. The maximum absolute atomic E-state index is 13.0. The van der Waals surface area contributed by atoms with Crippen LogP contribution in [-0.2, 0) is 11.3 Å². The fourth-order valence-corrected chi connectivity index (χ4v) is 4.64. The van der Waals surface area contributed by atoms with E-state index in [1.165, 1.54) is 16.2 Å². The van der Waals surface area contributed by atoms with E-state index in [9.17, 15) is 9.59 Å². The van der Waals surface area contributed by atoms with Crippen LogP contribution in [0.5, 0.6) is 0 Å². The van der Waals surface area contributed by atoms with E-state index >= 15 is 0 Å². The summed E-state index contributed by atoms with van der Waals surface area (Å²) in [5, 5.41) is 2.76. The third-order valence-corrected chi connectivity index (χ3v) is 6.74. The van der Waals surface area contributed by atoms with Crippen molar-refractivity contribution < 1.29 is 9.59 Å². The zero-order chi connectivity index (χ0) is 22.5. The summed E-state index contributed by atoms with van der Waals surface area (Å²) in [4.78, 5) is 29.1. The van der Waals surface area contributed by atoms with Crippen molar-refractivity contribution in [2.45, 2.75) is 59.0 Å². The number of anilines is 1. The molecule has 0 bridgehead atoms. The number of aryl methyl sites for hydroxylation is 2. The summed E-state index contributed by atoms with van der Waals surface area (Å²) in [7, 11) is 2.14. The predicted molar refractivity (Wildman–Crippen MR) is 125 cm³/mol. The normalized spacial score (nSPS) is 21.5. The summed E-state index contributed by atoms with van der Waals surface area (Å²) in [5.74, 6) is 0.139. The Morgan fingerprint density at radius 3 is 2.48 bits per heavy atom. The molecule has 2 heterocycles. The minimum atomic E-state index is -0.373. The lowest BCUT2D eigenvalue weighted by molar-refractivity contribution is -0.123. The van der Waals surface area contributed by atoms with E-state index in [2.05, 4.69) is 57.1 Å². The number of carbonyl (C=O) groups excluding carboxylic acids is 2. The lowest BCUT2D eigenvalue weighted by Crippen LogP contribution is -2.45. The lowest BCUT2D eigenvalue weighted by atomic mass is 9.79. The van der Waals surface area contributed by atoms with Crippen molar-refractivity contribution in [3.8, 4) is 0 Å². The number of carbonyl (C=O) groups is 2. The molecule has 2 aliphatic rings. The molecule has 3 amide bonds. The topological polar surface area (TPSA) is 52.7 Å². The van der Waals surface area contributed by atoms with Gasteiger partial charge in [-0.3, -0.25) is 9.69 Å². The van der Waals surface area contributed by atoms with E-state index in [-0.39, 0.29) is 24.0 Å². The Balaban J connectivity index is 1.63. The number of nitrogens with zero attached hydrogens (tertiary/aromatic N) is 2. The van der Waals surface area contributed by atoms with Gasteiger partial charge in [-0.1, -0.05) is 36.8 Å². The molecule has 0 saturated carbocycles. The van der Waals surface area contributed by atoms with Crippen molar-refractivity contribution in [3.05, 3.63) is 69.9 Å². The third-order valence-electron chi connectivity index (χ3n) is 6.74. The number of hydrogen-bond donors (Lipinski definition) is 1. The van der Waals surface area contributed by atoms with Gasteiger partial charge >= 0.3 is 6.03 Å². The molecule has 2 aliphatic heterocycles. The monoisotopic (exact) mass is 417 g/mol. The van der Waals surface area contributed by atoms with Gasteiger partial charge in [0.2, 0.25) is 0 Å². The Bertz CT molecular complexity index is 1080. The van der Waals surface area contributed by atoms with Crippen molar-refractivity contribution >= 4 is 23.7 Å². The Hall–Kier alpha value is -3.08. The van der Waals surface area contributed by atoms with Crippen LogP contribution in [0.15, 0.2) is 42.1 Å². The largest absolute Gasteiger partial charge is 0.369 e. The van der Waals surface area contributed by atoms with Crippen LogP contribution in [0.25, 0.3) is 6.08 Å². The number of urea groups is 1. The molecule has 0 unspecified atom stereocenters. The van der Waals surface area contributed by atoms with Gasteiger partial charge < -0.3 is 10.2 Å². The maximum Gasteiger partial charge on any atom is 0.329 e. The molecule has 5 heteroatoms. The predicted octanol–water partition coefficient (Wildman–Crippen LogP) is 5.12. The zero-order valence-corrected chi connectivity index (χ0v) is 19.2. The van der Waals surface area contributed by atoms with Gasteiger partial charge in [0.1, 0.15) is 5.70 Å². The molecule has 5 nitrogen and oxygen atoms in total. The van der Waals surface area contributed by atoms with Crippen LogP contribution in [0.2, 0.25) is 0 Å². The van der Waals surface area contributed by atoms with Crippen LogP contribution < -0.4 is 10.2 Å². The molecular weight excluding hydrogens is 386 g/mol. The van der Waals surface area contributed by atoms with Crippen LogP contribution >= 0.6 is 0 Å². The van der Waals surface area contributed by atoms with Crippen molar-refractivity contribution in [1.29, 1.82) is 0 Å². The summed E-state index contributed by atoms with van der Waals surface area (Å²) >= 11 is 0. The van der Waals surface area contributed by atoms with Gasteiger partial charge in [-0.2, -0.15) is 0 Å². The minimum absolute atomic E-state index is 0.102. The first-order valence-electron chi connectivity index (χ1n) is 10.9. The Labute approximate surface area is 184 Å². The lowest BCUT2D eigenvalue weighted by Gasteiger charge is -2.45. The van der Waals surface area contributed by atoms with Gasteiger partial charge in [-0.15, -0.1) is 0 Å². The second kappa shape index (κ2) is 7.56. The second-order valence-electron chi connectivity index (χ2n) is 9.61. The second-order valence-corrected chi connectivity index (χ2v) is 9.61. The third kappa shape index (κ3) is 3.85. The maximum atomic E-state index is 13.0. The average Bonchev–Trinajstić information content (AvgIpc) is 2.96. The molecule has 2 aromatic carbocycles. The highest BCUT2D eigenvalue weighted by atomic mass is 16.2. The van der Waals surface area contributed by atoms with Crippen LogP contribution in [0, 0.1) is 13.8 Å². The highest BCUT2D eigenvalue weighted by molar-refractivity contribution is 6.14. The zero-order valence-electron chi connectivity index (χ0n) is 19.2. The van der Waals surface area contributed by atoms with Gasteiger partial charge in [0.05, 0.1) is 6.54 Å². The first kappa shape index (κ1) is 21.2. The summed E-state index contributed by atoms with van der Waals surface area (Å²) in [6.45, 7) is 11.1.